The number of nitrogens with zero attached hydrogens (tertiary/aromatic N) is 3. The molecular formula is C16H23N5O3. The van der Waals surface area contributed by atoms with Gasteiger partial charge in [-0.15, -0.1) is 0 Å². The Bertz CT molecular complexity index is 640. The fourth-order valence-corrected chi connectivity index (χ4v) is 2.19. The van der Waals surface area contributed by atoms with Gasteiger partial charge < -0.3 is 20.3 Å². The summed E-state index contributed by atoms with van der Waals surface area (Å²) in [6.45, 7) is 4.22. The highest BCUT2D eigenvalue weighted by Crippen LogP contribution is 2.23. The quantitative estimate of drug-likeness (QED) is 0.748. The standard InChI is InChI=1S/C16H23N5O3/c1-10(2)14(19-13(22)7-12(8-17)23-3)16-20-15(21-24-16)11-5-4-6-18-9-11/h4-6,9-10,12,14H,7-8,17H2,1-3H3,(H,19,22). The molecule has 2 rings (SSSR count). The fraction of sp³-hybridized carbons (Fsp3) is 0.500. The summed E-state index contributed by atoms with van der Waals surface area (Å²) in [5.74, 6) is 0.704. The van der Waals surface area contributed by atoms with Gasteiger partial charge in [0.2, 0.25) is 17.6 Å². The minimum atomic E-state index is -0.384. The molecule has 3 N–H and O–H groups in total. The van der Waals surface area contributed by atoms with Crippen LogP contribution < -0.4 is 11.1 Å². The lowest BCUT2D eigenvalue weighted by atomic mass is 10.0. The van der Waals surface area contributed by atoms with E-state index in [-0.39, 0.29) is 36.9 Å². The van der Waals surface area contributed by atoms with Crippen LogP contribution in [-0.2, 0) is 9.53 Å². The van der Waals surface area contributed by atoms with Crippen LogP contribution in [0.25, 0.3) is 11.4 Å². The lowest BCUT2D eigenvalue weighted by molar-refractivity contribution is -0.124. The van der Waals surface area contributed by atoms with Crippen LogP contribution in [0.4, 0.5) is 0 Å². The molecule has 0 saturated carbocycles. The molecule has 130 valence electrons. The highest BCUT2D eigenvalue weighted by atomic mass is 16.5. The van der Waals surface area contributed by atoms with E-state index in [1.807, 2.05) is 19.9 Å². The summed E-state index contributed by atoms with van der Waals surface area (Å²) < 4.78 is 10.5. The number of hydrogen-bond acceptors (Lipinski definition) is 7. The summed E-state index contributed by atoms with van der Waals surface area (Å²) in [6, 6.07) is 3.26. The third kappa shape index (κ3) is 4.59. The minimum absolute atomic E-state index is 0.0787. The van der Waals surface area contributed by atoms with E-state index in [4.69, 9.17) is 15.0 Å². The maximum absolute atomic E-state index is 12.2. The van der Waals surface area contributed by atoms with E-state index < -0.39 is 0 Å². The third-order valence-corrected chi connectivity index (χ3v) is 3.62. The number of ether oxygens (including phenoxy) is 1. The van der Waals surface area contributed by atoms with Gasteiger partial charge in [-0.1, -0.05) is 19.0 Å². The lowest BCUT2D eigenvalue weighted by Gasteiger charge is -2.20. The number of aromatic nitrogens is 3. The summed E-state index contributed by atoms with van der Waals surface area (Å²) in [4.78, 5) is 20.6. The van der Waals surface area contributed by atoms with Crippen LogP contribution in [0.3, 0.4) is 0 Å². The molecule has 0 saturated heterocycles. The van der Waals surface area contributed by atoms with Gasteiger partial charge in [-0.3, -0.25) is 9.78 Å². The molecule has 0 fully saturated rings. The van der Waals surface area contributed by atoms with E-state index in [1.54, 1.807) is 18.5 Å². The number of nitrogens with one attached hydrogen (secondary N) is 1. The molecule has 2 unspecified atom stereocenters. The zero-order valence-corrected chi connectivity index (χ0v) is 14.1. The van der Waals surface area contributed by atoms with Crippen LogP contribution in [0.5, 0.6) is 0 Å². The number of methoxy groups -OCH3 is 1. The molecule has 0 aliphatic heterocycles. The summed E-state index contributed by atoms with van der Waals surface area (Å²) in [5.41, 5.74) is 6.30. The second-order valence-electron chi connectivity index (χ2n) is 5.78. The van der Waals surface area contributed by atoms with E-state index in [9.17, 15) is 4.79 Å². The fourth-order valence-electron chi connectivity index (χ4n) is 2.19. The molecule has 0 spiro atoms. The lowest BCUT2D eigenvalue weighted by Crippen LogP contribution is -2.36. The highest BCUT2D eigenvalue weighted by molar-refractivity contribution is 5.76. The van der Waals surface area contributed by atoms with Crippen LogP contribution in [0.1, 0.15) is 32.2 Å². The molecule has 0 aliphatic rings. The first-order chi connectivity index (χ1) is 11.5. The monoisotopic (exact) mass is 333 g/mol. The van der Waals surface area contributed by atoms with Crippen molar-refractivity contribution < 1.29 is 14.1 Å². The van der Waals surface area contributed by atoms with Crippen LogP contribution in [0.2, 0.25) is 0 Å². The van der Waals surface area contributed by atoms with Crippen LogP contribution in [-0.4, -0.2) is 40.8 Å². The largest absolute Gasteiger partial charge is 0.380 e. The molecule has 2 aromatic rings. The number of carbonyl (C=O) groups excluding carboxylic acids is 1. The Kier molecular flexibility index (Phi) is 6.39. The van der Waals surface area contributed by atoms with Gasteiger partial charge in [0, 0.05) is 31.6 Å². The summed E-state index contributed by atoms with van der Waals surface area (Å²) >= 11 is 0. The smallest absolute Gasteiger partial charge is 0.249 e. The molecule has 2 heterocycles. The van der Waals surface area contributed by atoms with E-state index in [1.165, 1.54) is 7.11 Å². The Morgan fingerprint density at radius 3 is 2.83 bits per heavy atom. The van der Waals surface area contributed by atoms with Gasteiger partial charge in [0.25, 0.3) is 0 Å². The maximum Gasteiger partial charge on any atom is 0.249 e. The highest BCUT2D eigenvalue weighted by Gasteiger charge is 2.25. The van der Waals surface area contributed by atoms with Crippen molar-refractivity contribution in [3.8, 4) is 11.4 Å². The number of carbonyl (C=O) groups is 1. The van der Waals surface area contributed by atoms with Crippen molar-refractivity contribution in [3.63, 3.8) is 0 Å². The molecule has 1 amide bonds. The topological polar surface area (TPSA) is 116 Å². The summed E-state index contributed by atoms with van der Waals surface area (Å²) in [6.07, 6.45) is 3.19. The van der Waals surface area contributed by atoms with Gasteiger partial charge in [0.1, 0.15) is 6.04 Å². The number of nitrogens with two attached hydrogens (primary N) is 1. The van der Waals surface area contributed by atoms with Gasteiger partial charge in [0.05, 0.1) is 12.5 Å². The Morgan fingerprint density at radius 2 is 2.25 bits per heavy atom. The molecule has 0 aliphatic carbocycles. The van der Waals surface area contributed by atoms with Crippen molar-refractivity contribution in [3.05, 3.63) is 30.4 Å². The number of pyridine rings is 1. The normalized spacial score (nSPS) is 13.7. The van der Waals surface area contributed by atoms with Gasteiger partial charge in [-0.2, -0.15) is 4.98 Å². The Hall–Kier alpha value is -2.32. The predicted octanol–water partition coefficient (Wildman–Crippen LogP) is 1.31. The van der Waals surface area contributed by atoms with Gasteiger partial charge in [0.15, 0.2) is 0 Å². The van der Waals surface area contributed by atoms with Crippen molar-refractivity contribution in [2.45, 2.75) is 32.4 Å². The first kappa shape index (κ1) is 18.0. The van der Waals surface area contributed by atoms with Crippen molar-refractivity contribution >= 4 is 5.91 Å². The van der Waals surface area contributed by atoms with Crippen LogP contribution >= 0.6 is 0 Å². The average molecular weight is 333 g/mol. The van der Waals surface area contributed by atoms with Crippen LogP contribution in [0.15, 0.2) is 29.0 Å². The second kappa shape index (κ2) is 8.51. The second-order valence-corrected chi connectivity index (χ2v) is 5.78. The Morgan fingerprint density at radius 1 is 1.46 bits per heavy atom. The predicted molar refractivity (Wildman–Crippen MR) is 87.7 cm³/mol. The molecule has 8 nitrogen and oxygen atoms in total. The third-order valence-electron chi connectivity index (χ3n) is 3.62. The summed E-state index contributed by atoms with van der Waals surface area (Å²) in [5, 5.41) is 6.88. The van der Waals surface area contributed by atoms with Crippen molar-refractivity contribution in [2.75, 3.05) is 13.7 Å². The number of amides is 1. The molecule has 0 bridgehead atoms. The van der Waals surface area contributed by atoms with E-state index in [0.717, 1.165) is 5.56 Å². The Balaban J connectivity index is 2.11. The molecule has 2 aromatic heterocycles. The molecule has 0 aromatic carbocycles. The maximum atomic E-state index is 12.2. The minimum Gasteiger partial charge on any atom is -0.380 e. The first-order valence-electron chi connectivity index (χ1n) is 7.81. The van der Waals surface area contributed by atoms with E-state index >= 15 is 0 Å². The number of rotatable bonds is 8. The van der Waals surface area contributed by atoms with Crippen molar-refractivity contribution in [1.29, 1.82) is 0 Å². The zero-order chi connectivity index (χ0) is 17.5. The zero-order valence-electron chi connectivity index (χ0n) is 14.1. The van der Waals surface area contributed by atoms with Gasteiger partial charge in [-0.05, 0) is 18.1 Å². The van der Waals surface area contributed by atoms with Gasteiger partial charge >= 0.3 is 0 Å². The van der Waals surface area contributed by atoms with Crippen LogP contribution in [0, 0.1) is 5.92 Å². The first-order valence-corrected chi connectivity index (χ1v) is 7.81. The molecule has 2 atom stereocenters. The Labute approximate surface area is 140 Å². The average Bonchev–Trinajstić information content (AvgIpc) is 3.07. The molecular weight excluding hydrogens is 310 g/mol. The molecule has 8 heteroatoms. The van der Waals surface area contributed by atoms with Crippen molar-refractivity contribution in [2.24, 2.45) is 11.7 Å². The van der Waals surface area contributed by atoms with E-state index in [0.29, 0.717) is 11.7 Å². The SMILES string of the molecule is COC(CN)CC(=O)NC(c1nc(-c2cccnc2)no1)C(C)C. The molecule has 24 heavy (non-hydrogen) atoms. The molecule has 0 radical (unpaired) electrons. The van der Waals surface area contributed by atoms with E-state index in [2.05, 4.69) is 20.4 Å². The van der Waals surface area contributed by atoms with Gasteiger partial charge in [-0.25, -0.2) is 0 Å². The van der Waals surface area contributed by atoms with Crippen molar-refractivity contribution in [1.82, 2.24) is 20.4 Å². The number of hydrogen-bond donors (Lipinski definition) is 2. The summed E-state index contributed by atoms with van der Waals surface area (Å²) in [7, 11) is 1.53.